The van der Waals surface area contributed by atoms with Crippen molar-refractivity contribution in [2.75, 3.05) is 0 Å². The number of nitrogens with zero attached hydrogens (tertiary/aromatic N) is 3. The van der Waals surface area contributed by atoms with Crippen molar-refractivity contribution in [2.24, 2.45) is 7.05 Å². The summed E-state index contributed by atoms with van der Waals surface area (Å²) in [6, 6.07) is 4.73. The first-order chi connectivity index (χ1) is 8.15. The standard InChI is InChI=1S/C11H14N4O2/c1-15-7-13-11(14-15)6-12-5-8-2-3-9(16)10(17)4-8/h2-4,7,12,16-17H,5-6H2,1H3. The highest BCUT2D eigenvalue weighted by atomic mass is 16.3. The third kappa shape index (κ3) is 2.94. The third-order valence-corrected chi connectivity index (χ3v) is 2.30. The molecule has 0 fully saturated rings. The van der Waals surface area contributed by atoms with Crippen molar-refractivity contribution in [3.8, 4) is 11.5 Å². The lowest BCUT2D eigenvalue weighted by molar-refractivity contribution is 0.403. The van der Waals surface area contributed by atoms with Gasteiger partial charge in [-0.2, -0.15) is 5.10 Å². The maximum absolute atomic E-state index is 9.31. The van der Waals surface area contributed by atoms with Gasteiger partial charge in [-0.25, -0.2) is 4.98 Å². The molecule has 3 N–H and O–H groups in total. The lowest BCUT2D eigenvalue weighted by atomic mass is 10.2. The average Bonchev–Trinajstić information content (AvgIpc) is 2.70. The van der Waals surface area contributed by atoms with E-state index in [1.807, 2.05) is 7.05 Å². The Morgan fingerprint density at radius 3 is 2.71 bits per heavy atom. The predicted molar refractivity (Wildman–Crippen MR) is 61.3 cm³/mol. The van der Waals surface area contributed by atoms with Gasteiger partial charge in [0.1, 0.15) is 6.33 Å². The molecule has 0 aliphatic carbocycles. The van der Waals surface area contributed by atoms with E-state index in [2.05, 4.69) is 15.4 Å². The van der Waals surface area contributed by atoms with Gasteiger partial charge in [0.05, 0.1) is 6.54 Å². The van der Waals surface area contributed by atoms with E-state index in [4.69, 9.17) is 5.11 Å². The zero-order chi connectivity index (χ0) is 12.3. The minimum atomic E-state index is -0.111. The summed E-state index contributed by atoms with van der Waals surface area (Å²) in [5, 5.41) is 25.7. The van der Waals surface area contributed by atoms with E-state index in [-0.39, 0.29) is 11.5 Å². The van der Waals surface area contributed by atoms with Crippen molar-refractivity contribution >= 4 is 0 Å². The van der Waals surface area contributed by atoms with Crippen molar-refractivity contribution in [3.05, 3.63) is 35.9 Å². The molecule has 0 atom stereocenters. The normalized spacial score (nSPS) is 10.6. The number of aromatic nitrogens is 3. The number of benzene rings is 1. The minimum absolute atomic E-state index is 0.111. The maximum atomic E-state index is 9.31. The number of aromatic hydroxyl groups is 2. The van der Waals surface area contributed by atoms with Gasteiger partial charge in [-0.05, 0) is 17.7 Å². The molecule has 1 heterocycles. The van der Waals surface area contributed by atoms with Crippen LogP contribution in [0, 0.1) is 0 Å². The molecule has 6 heteroatoms. The largest absolute Gasteiger partial charge is 0.504 e. The van der Waals surface area contributed by atoms with Gasteiger partial charge in [-0.1, -0.05) is 6.07 Å². The maximum Gasteiger partial charge on any atom is 0.164 e. The summed E-state index contributed by atoms with van der Waals surface area (Å²) in [7, 11) is 1.81. The van der Waals surface area contributed by atoms with Crippen LogP contribution < -0.4 is 5.32 Å². The van der Waals surface area contributed by atoms with Crippen molar-refractivity contribution in [3.63, 3.8) is 0 Å². The Bertz CT molecular complexity index is 510. The summed E-state index contributed by atoms with van der Waals surface area (Å²) in [4.78, 5) is 4.08. The molecule has 1 aromatic carbocycles. The highest BCUT2D eigenvalue weighted by Crippen LogP contribution is 2.24. The first-order valence-corrected chi connectivity index (χ1v) is 5.21. The van der Waals surface area contributed by atoms with Gasteiger partial charge < -0.3 is 15.5 Å². The van der Waals surface area contributed by atoms with Crippen molar-refractivity contribution in [1.82, 2.24) is 20.1 Å². The smallest absolute Gasteiger partial charge is 0.164 e. The van der Waals surface area contributed by atoms with Gasteiger partial charge >= 0.3 is 0 Å². The number of hydrogen-bond donors (Lipinski definition) is 3. The number of rotatable bonds is 4. The lowest BCUT2D eigenvalue weighted by Gasteiger charge is -2.04. The molecule has 0 aliphatic rings. The van der Waals surface area contributed by atoms with E-state index in [0.29, 0.717) is 13.1 Å². The van der Waals surface area contributed by atoms with Gasteiger partial charge in [0.2, 0.25) is 0 Å². The first kappa shape index (κ1) is 11.4. The van der Waals surface area contributed by atoms with Crippen molar-refractivity contribution in [1.29, 1.82) is 0 Å². The van der Waals surface area contributed by atoms with Gasteiger partial charge in [0, 0.05) is 13.6 Å². The summed E-state index contributed by atoms with van der Waals surface area (Å²) < 4.78 is 1.64. The van der Waals surface area contributed by atoms with E-state index < -0.39 is 0 Å². The summed E-state index contributed by atoms with van der Waals surface area (Å²) >= 11 is 0. The second kappa shape index (κ2) is 4.84. The quantitative estimate of drug-likeness (QED) is 0.672. The molecule has 2 aromatic rings. The minimum Gasteiger partial charge on any atom is -0.504 e. The monoisotopic (exact) mass is 234 g/mol. The zero-order valence-electron chi connectivity index (χ0n) is 9.46. The molecule has 0 saturated heterocycles. The van der Waals surface area contributed by atoms with E-state index in [9.17, 15) is 5.11 Å². The summed E-state index contributed by atoms with van der Waals surface area (Å²) in [6.45, 7) is 1.13. The zero-order valence-corrected chi connectivity index (χ0v) is 9.46. The van der Waals surface area contributed by atoms with Crippen LogP contribution in [0.15, 0.2) is 24.5 Å². The Hall–Kier alpha value is -2.08. The van der Waals surface area contributed by atoms with Crippen LogP contribution in [-0.2, 0) is 20.1 Å². The molecule has 0 unspecified atom stereocenters. The van der Waals surface area contributed by atoms with Gasteiger partial charge in [-0.3, -0.25) is 4.68 Å². The molecular weight excluding hydrogens is 220 g/mol. The second-order valence-corrected chi connectivity index (χ2v) is 3.76. The Kier molecular flexibility index (Phi) is 3.24. The van der Waals surface area contributed by atoms with Crippen LogP contribution in [0.5, 0.6) is 11.5 Å². The van der Waals surface area contributed by atoms with E-state index >= 15 is 0 Å². The fraction of sp³-hybridized carbons (Fsp3) is 0.273. The van der Waals surface area contributed by atoms with Gasteiger partial charge in [0.15, 0.2) is 17.3 Å². The SMILES string of the molecule is Cn1cnc(CNCc2ccc(O)c(O)c2)n1. The highest BCUT2D eigenvalue weighted by Gasteiger charge is 2.01. The second-order valence-electron chi connectivity index (χ2n) is 3.76. The third-order valence-electron chi connectivity index (χ3n) is 2.30. The van der Waals surface area contributed by atoms with E-state index in [1.54, 1.807) is 17.1 Å². The van der Waals surface area contributed by atoms with E-state index in [1.165, 1.54) is 12.1 Å². The van der Waals surface area contributed by atoms with Crippen LogP contribution in [0.4, 0.5) is 0 Å². The topological polar surface area (TPSA) is 83.2 Å². The van der Waals surface area contributed by atoms with Crippen LogP contribution in [0.25, 0.3) is 0 Å². The Morgan fingerprint density at radius 2 is 2.06 bits per heavy atom. The number of nitrogens with one attached hydrogen (secondary N) is 1. The molecule has 0 spiro atoms. The highest BCUT2D eigenvalue weighted by molar-refractivity contribution is 5.40. The molecule has 0 bridgehead atoms. The summed E-state index contributed by atoms with van der Waals surface area (Å²) in [6.07, 6.45) is 1.64. The van der Waals surface area contributed by atoms with Crippen LogP contribution in [0.1, 0.15) is 11.4 Å². The summed E-state index contributed by atoms with van der Waals surface area (Å²) in [5.74, 6) is 0.496. The molecule has 0 saturated carbocycles. The van der Waals surface area contributed by atoms with Crippen LogP contribution in [-0.4, -0.2) is 25.0 Å². The Morgan fingerprint density at radius 1 is 1.24 bits per heavy atom. The molecule has 17 heavy (non-hydrogen) atoms. The summed E-state index contributed by atoms with van der Waals surface area (Å²) in [5.41, 5.74) is 0.885. The molecule has 0 radical (unpaired) electrons. The number of hydrogen-bond acceptors (Lipinski definition) is 5. The van der Waals surface area contributed by atoms with Crippen molar-refractivity contribution < 1.29 is 10.2 Å². The number of phenolic OH excluding ortho intramolecular Hbond substituents is 2. The fourth-order valence-corrected chi connectivity index (χ4v) is 1.46. The van der Waals surface area contributed by atoms with Gasteiger partial charge in [-0.15, -0.1) is 0 Å². The number of phenols is 2. The molecule has 2 rings (SSSR count). The molecule has 0 aliphatic heterocycles. The van der Waals surface area contributed by atoms with Crippen molar-refractivity contribution in [2.45, 2.75) is 13.1 Å². The van der Waals surface area contributed by atoms with Crippen LogP contribution in [0.2, 0.25) is 0 Å². The number of aryl methyl sites for hydroxylation is 1. The van der Waals surface area contributed by atoms with E-state index in [0.717, 1.165) is 11.4 Å². The van der Waals surface area contributed by atoms with Crippen LogP contribution in [0.3, 0.4) is 0 Å². The Balaban J connectivity index is 1.87. The molecule has 6 nitrogen and oxygen atoms in total. The molecular formula is C11H14N4O2. The molecule has 1 aromatic heterocycles. The van der Waals surface area contributed by atoms with Crippen LogP contribution >= 0.6 is 0 Å². The first-order valence-electron chi connectivity index (χ1n) is 5.21. The average molecular weight is 234 g/mol. The lowest BCUT2D eigenvalue weighted by Crippen LogP contribution is -2.13. The molecule has 90 valence electrons. The van der Waals surface area contributed by atoms with Gasteiger partial charge in [0.25, 0.3) is 0 Å². The predicted octanol–water partition coefficient (Wildman–Crippen LogP) is 0.516. The molecule has 0 amide bonds. The Labute approximate surface area is 98.5 Å². The fourth-order valence-electron chi connectivity index (χ4n) is 1.46.